The van der Waals surface area contributed by atoms with Crippen LogP contribution < -0.4 is 15.2 Å². The van der Waals surface area contributed by atoms with Crippen molar-refractivity contribution in [2.24, 2.45) is 0 Å². The maximum atomic E-state index is 16.1. The zero-order chi connectivity index (χ0) is 54.4. The van der Waals surface area contributed by atoms with E-state index >= 15 is 4.79 Å². The van der Waals surface area contributed by atoms with E-state index in [0.717, 1.165) is 0 Å². The highest BCUT2D eigenvalue weighted by molar-refractivity contribution is 7.44. The summed E-state index contributed by atoms with van der Waals surface area (Å²) in [5, 5.41) is 24.3. The second-order valence-electron chi connectivity index (χ2n) is 18.9. The minimum Gasteiger partial charge on any atom is -0.617 e. The molecule has 2 aliphatic rings. The molecule has 19 nitrogen and oxygen atoms in total. The number of imide groups is 1. The molecule has 0 bridgehead atoms. The number of methoxy groups -OCH3 is 2. The van der Waals surface area contributed by atoms with Gasteiger partial charge in [-0.25, -0.2) is 33.9 Å². The molecule has 77 heavy (non-hydrogen) atoms. The SMILES string of the molecule is COc1ccc(C(OC(C(=O)c2ccccc2)[C@H]2O[C@@H](n3cnc4c(N)ncnc43)[C@H](OCC[N+]3([O-])C(=O)c4ccccc4C3=O)[C@@H]2OP(OCCC#N)N(C(C)C)C(C)C)(c2ccccc2)c2ccc(OC)cc2)cc1. The predicted octanol–water partition coefficient (Wildman–Crippen LogP) is 8.94. The number of imidazole rings is 1. The molecule has 6 atom stereocenters. The molecular formula is C57H59N8O11P. The number of carbonyl (C=O) groups excluding carboxylic acids is 3. The number of ether oxygens (including phenoxy) is 5. The Morgan fingerprint density at radius 2 is 1.35 bits per heavy atom. The lowest BCUT2D eigenvalue weighted by molar-refractivity contribution is -0.709. The molecule has 9 rings (SSSR count). The second-order valence-corrected chi connectivity index (χ2v) is 20.3. The van der Waals surface area contributed by atoms with Crippen molar-refractivity contribution in [1.82, 2.24) is 24.2 Å². The minimum atomic E-state index is -2.17. The van der Waals surface area contributed by atoms with Crippen LogP contribution in [-0.2, 0) is 28.9 Å². The number of Topliss-reactive ketones (excluding diaryl/α,β-unsaturated/α-hetero) is 1. The zero-order valence-electron chi connectivity index (χ0n) is 43.4. The summed E-state index contributed by atoms with van der Waals surface area (Å²) in [5.41, 5.74) is 7.33. The van der Waals surface area contributed by atoms with Crippen LogP contribution in [0.1, 0.15) is 88.1 Å². The lowest BCUT2D eigenvalue weighted by atomic mass is 9.79. The Kier molecular flexibility index (Phi) is 16.6. The van der Waals surface area contributed by atoms with E-state index < -0.39 is 80.2 Å². The van der Waals surface area contributed by atoms with E-state index in [-0.39, 0.29) is 58.8 Å². The first-order chi connectivity index (χ1) is 37.2. The Hall–Kier alpha value is -7.34. The van der Waals surface area contributed by atoms with Crippen LogP contribution in [-0.4, -0.2) is 117 Å². The number of nitrogens with zero attached hydrogens (tertiary/aromatic N) is 7. The van der Waals surface area contributed by atoms with Gasteiger partial charge in [0, 0.05) is 17.6 Å². The Balaban J connectivity index is 1.28. The van der Waals surface area contributed by atoms with Crippen LogP contribution in [0.3, 0.4) is 0 Å². The number of rotatable bonds is 23. The van der Waals surface area contributed by atoms with Gasteiger partial charge < -0.3 is 43.7 Å². The Bertz CT molecular complexity index is 3140. The summed E-state index contributed by atoms with van der Waals surface area (Å²) in [7, 11) is 0.976. The number of nitriles is 1. The smallest absolute Gasteiger partial charge is 0.354 e. The highest BCUT2D eigenvalue weighted by atomic mass is 31.2. The van der Waals surface area contributed by atoms with Crippen LogP contribution in [0.25, 0.3) is 11.2 Å². The van der Waals surface area contributed by atoms with Gasteiger partial charge in [-0.05, 0) is 80.8 Å². The fraction of sp³-hybridized carbons (Fsp3) is 0.316. The van der Waals surface area contributed by atoms with Crippen molar-refractivity contribution < 1.29 is 51.8 Å². The van der Waals surface area contributed by atoms with Crippen LogP contribution in [0.5, 0.6) is 11.5 Å². The van der Waals surface area contributed by atoms with Gasteiger partial charge in [0.25, 0.3) is 8.53 Å². The molecule has 0 saturated carbocycles. The summed E-state index contributed by atoms with van der Waals surface area (Å²) in [4.78, 5) is 57.0. The number of ketones is 1. The Morgan fingerprint density at radius 1 is 0.792 bits per heavy atom. The summed E-state index contributed by atoms with van der Waals surface area (Å²) < 4.78 is 49.0. The van der Waals surface area contributed by atoms with E-state index in [2.05, 4.69) is 21.0 Å². The van der Waals surface area contributed by atoms with Crippen LogP contribution in [0, 0.1) is 16.5 Å². The molecule has 7 aromatic rings. The Morgan fingerprint density at radius 3 is 1.91 bits per heavy atom. The lowest BCUT2D eigenvalue weighted by Crippen LogP contribution is -2.52. The van der Waals surface area contributed by atoms with Gasteiger partial charge in [-0.15, -0.1) is 0 Å². The van der Waals surface area contributed by atoms with E-state index in [0.29, 0.717) is 28.2 Å². The van der Waals surface area contributed by atoms with E-state index in [9.17, 15) is 20.1 Å². The lowest BCUT2D eigenvalue weighted by Gasteiger charge is -2.42. The maximum absolute atomic E-state index is 16.1. The van der Waals surface area contributed by atoms with Gasteiger partial charge in [0.2, 0.25) is 0 Å². The molecule has 2 amide bonds. The third-order valence-corrected chi connectivity index (χ3v) is 15.7. The third-order valence-electron chi connectivity index (χ3n) is 13.6. The molecule has 398 valence electrons. The topological polar surface area (TPSA) is 236 Å². The van der Waals surface area contributed by atoms with Gasteiger partial charge in [-0.2, -0.15) is 5.26 Å². The number of anilines is 1. The molecule has 20 heteroatoms. The number of hydroxylamine groups is 3. The number of hydrogen-bond acceptors (Lipinski definition) is 17. The quantitative estimate of drug-likeness (QED) is 0.0120. The van der Waals surface area contributed by atoms with Crippen molar-refractivity contribution >= 4 is 43.1 Å². The molecule has 1 saturated heterocycles. The summed E-state index contributed by atoms with van der Waals surface area (Å²) in [6.45, 7) is 6.77. The first kappa shape index (κ1) is 54.4. The standard InChI is InChI=1S/C57H59N8O11P/c1-36(2)64(37(3)4)77(73-32-15-30-58)76-50-49(74-54(63-35-62-46-52(59)60-34-61-53(46)63)51(50)72-33-31-65(69)55(67)44-20-13-14-21-45(44)56(65)68)48(47(66)38-16-9-7-10-17-38)75-57(39-18-11-8-12-19-39,40-22-26-42(70-5)27-23-40)41-24-28-43(71-6)29-25-41/h7-14,16-29,34-37,48-51,54H,15,31-33H2,1-6H3,(H2,59,60,61)/t48?,49-,50-,51-,54-,77?/m1/s1. The van der Waals surface area contributed by atoms with Crippen LogP contribution in [0.15, 0.2) is 146 Å². The number of nitrogens with two attached hydrogens (primary N) is 1. The van der Waals surface area contributed by atoms with Crippen molar-refractivity contribution in [3.8, 4) is 17.6 Å². The summed E-state index contributed by atoms with van der Waals surface area (Å²) in [6, 6.07) is 40.6. The van der Waals surface area contributed by atoms with E-state index in [1.54, 1.807) is 85.5 Å². The van der Waals surface area contributed by atoms with Crippen molar-refractivity contribution in [3.05, 3.63) is 185 Å². The van der Waals surface area contributed by atoms with Gasteiger partial charge in [-0.3, -0.25) is 9.36 Å². The number of benzene rings is 5. The van der Waals surface area contributed by atoms with Gasteiger partial charge in [-0.1, -0.05) is 97.1 Å². The fourth-order valence-corrected chi connectivity index (χ4v) is 11.8. The van der Waals surface area contributed by atoms with E-state index in [1.165, 1.54) is 24.8 Å². The van der Waals surface area contributed by atoms with E-state index in [1.807, 2.05) is 87.0 Å². The molecule has 5 aromatic carbocycles. The van der Waals surface area contributed by atoms with Gasteiger partial charge >= 0.3 is 11.8 Å². The monoisotopic (exact) mass is 1060 g/mol. The molecule has 4 heterocycles. The largest absolute Gasteiger partial charge is 0.617 e. The fourth-order valence-electron chi connectivity index (χ4n) is 10.00. The third kappa shape index (κ3) is 10.6. The first-order valence-electron chi connectivity index (χ1n) is 25.1. The van der Waals surface area contributed by atoms with Crippen molar-refractivity contribution in [2.75, 3.05) is 39.7 Å². The number of fused-ring (bicyclic) bond motifs is 2. The molecule has 2 aromatic heterocycles. The Labute approximate surface area is 447 Å². The normalized spacial score (nSPS) is 18.9. The van der Waals surface area contributed by atoms with Crippen LogP contribution >= 0.6 is 8.53 Å². The summed E-state index contributed by atoms with van der Waals surface area (Å²) in [6.07, 6.45) is -4.33. The van der Waals surface area contributed by atoms with Crippen molar-refractivity contribution in [3.63, 3.8) is 0 Å². The molecule has 2 unspecified atom stereocenters. The zero-order valence-corrected chi connectivity index (χ0v) is 44.3. The maximum Gasteiger partial charge on any atom is 0.354 e. The number of amides is 2. The van der Waals surface area contributed by atoms with Crippen LogP contribution in [0.4, 0.5) is 5.82 Å². The van der Waals surface area contributed by atoms with Crippen molar-refractivity contribution in [1.29, 1.82) is 5.26 Å². The number of carbonyl (C=O) groups is 3. The average Bonchev–Trinajstić information content (AvgIpc) is 4.15. The van der Waals surface area contributed by atoms with Gasteiger partial charge in [0.15, 0.2) is 29.6 Å². The highest BCUT2D eigenvalue weighted by Crippen LogP contribution is 2.53. The number of nitrogen functional groups attached to an aromatic ring is 1. The molecule has 2 aliphatic heterocycles. The molecule has 2 N–H and O–H groups in total. The number of hydrogen-bond donors (Lipinski definition) is 1. The minimum absolute atomic E-state index is 0.00987. The van der Waals surface area contributed by atoms with Gasteiger partial charge in [0.1, 0.15) is 53.8 Å². The average molecular weight is 1060 g/mol. The van der Waals surface area contributed by atoms with E-state index in [4.69, 9.17) is 38.5 Å². The second kappa shape index (κ2) is 23.5. The summed E-state index contributed by atoms with van der Waals surface area (Å²) >= 11 is 0. The molecule has 1 fully saturated rings. The predicted molar refractivity (Wildman–Crippen MR) is 285 cm³/mol. The molecule has 0 spiro atoms. The molecule has 0 radical (unpaired) electrons. The van der Waals surface area contributed by atoms with Gasteiger partial charge in [0.05, 0.1) is 57.4 Å². The van der Waals surface area contributed by atoms with Crippen molar-refractivity contribution in [2.45, 2.75) is 82.4 Å². The summed E-state index contributed by atoms with van der Waals surface area (Å²) in [5.74, 6) is -1.15. The molecule has 0 aliphatic carbocycles. The molecular weight excluding hydrogens is 1000 g/mol. The number of quaternary nitrogens is 1. The van der Waals surface area contributed by atoms with Crippen LogP contribution in [0.2, 0.25) is 0 Å². The number of aromatic nitrogens is 4. The first-order valence-corrected chi connectivity index (χ1v) is 26.2. The highest BCUT2D eigenvalue weighted by Gasteiger charge is 2.57.